The number of aromatic amines is 1. The molecule has 120 heavy (non-hydrogen) atoms. The number of benzene rings is 4. The molecule has 3 fully saturated rings. The van der Waals surface area contributed by atoms with Crippen LogP contribution in [0.4, 0.5) is 5.69 Å². The number of fused-ring (bicyclic) bond motifs is 6. The van der Waals surface area contributed by atoms with Crippen molar-refractivity contribution in [2.45, 2.75) is 203 Å². The van der Waals surface area contributed by atoms with Gasteiger partial charge in [-0.3, -0.25) is 52.7 Å². The van der Waals surface area contributed by atoms with Crippen LogP contribution in [0.2, 0.25) is 5.02 Å². The third-order valence-corrected chi connectivity index (χ3v) is 25.5. The smallest absolute Gasteiger partial charge is 0.328 e. The predicted octanol–water partition coefficient (Wildman–Crippen LogP) is 6.42. The molecule has 650 valence electrons. The van der Waals surface area contributed by atoms with E-state index in [9.17, 15) is 58.5 Å². The molecule has 8 amide bonds. The summed E-state index contributed by atoms with van der Waals surface area (Å²) in [6.45, 7) is 8.31. The highest BCUT2D eigenvalue weighted by Crippen LogP contribution is 2.50. The number of H-pyrrole nitrogens is 1. The van der Waals surface area contributed by atoms with Crippen molar-refractivity contribution in [3.63, 3.8) is 0 Å². The first-order valence-corrected chi connectivity index (χ1v) is 43.3. The number of ketones is 2. The van der Waals surface area contributed by atoms with E-state index in [0.717, 1.165) is 37.7 Å². The number of likely N-dealkylation sites (N-methyl/N-ethyl adjacent to an activating group) is 2. The number of aromatic hydroxyl groups is 1. The number of nitrogens with one attached hydrogen (secondary N) is 6. The number of anilines is 1. The Balaban J connectivity index is 0.831. The van der Waals surface area contributed by atoms with E-state index in [1.807, 2.05) is 37.3 Å². The molecule has 15 atom stereocenters. The normalized spacial score (nSPS) is 26.2. The third-order valence-electron chi connectivity index (χ3n) is 22.9. The number of Topliss-reactive ketones (excluding diaryl/α,β-unsaturated/α-hetero) is 2. The van der Waals surface area contributed by atoms with Gasteiger partial charge >= 0.3 is 11.9 Å². The molecule has 4 aromatic carbocycles. The Labute approximate surface area is 712 Å². The van der Waals surface area contributed by atoms with E-state index in [0.29, 0.717) is 47.4 Å². The number of unbranched alkanes of at least 4 members (excludes halogenated alkanes) is 1. The lowest BCUT2D eigenvalue weighted by Crippen LogP contribution is -2.59. The fourth-order valence-electron chi connectivity index (χ4n) is 15.6. The Morgan fingerprint density at radius 1 is 0.800 bits per heavy atom. The van der Waals surface area contributed by atoms with Gasteiger partial charge in [0.05, 0.1) is 55.7 Å². The minimum atomic E-state index is -1.67. The summed E-state index contributed by atoms with van der Waals surface area (Å²) >= 11 is 6.88. The lowest BCUT2D eigenvalue weighted by Gasteiger charge is -2.41. The van der Waals surface area contributed by atoms with Crippen LogP contribution in [0.5, 0.6) is 11.5 Å². The molecule has 1 aromatic heterocycles. The predicted molar refractivity (Wildman–Crippen MR) is 454 cm³/mol. The number of aliphatic hydroxyl groups is 2. The Bertz CT molecular complexity index is 4550. The summed E-state index contributed by atoms with van der Waals surface area (Å²) in [6.07, 6.45) is 0.300. The summed E-state index contributed by atoms with van der Waals surface area (Å²) in [5.74, 6) is -10.3. The van der Waals surface area contributed by atoms with Gasteiger partial charge in [0.2, 0.25) is 47.3 Å². The van der Waals surface area contributed by atoms with E-state index in [2.05, 4.69) is 31.6 Å². The van der Waals surface area contributed by atoms with Crippen LogP contribution in [-0.2, 0) is 102 Å². The second-order valence-corrected chi connectivity index (χ2v) is 34.7. The minimum Gasteiger partial charge on any atom is -0.508 e. The average Bonchev–Trinajstić information content (AvgIpc) is 1.57. The summed E-state index contributed by atoms with van der Waals surface area (Å²) in [7, 11) is 9.58. The number of para-hydroxylation sites is 1. The number of nitrogens with zero attached hydrogens (tertiary/aromatic N) is 3. The SMILES string of the molecule is COc1cc2cc(c1Cl)N(C)C(=O)C[C@H](OC(=O)C(C)N(C)C(=O)CCSSCC(=O)NCCNC(=O)CC[C@H]1C(=O)C[C@@H](Cc3ccc(O)cc3)C(=O)N[C@H](Cc3c[nH]c4ccccc34)C(=O)C[C@@H](CCCCN)C(=O)N[C@@H]([C@@H](C)O)C(=O)N[C@@H](Cc3ccccc3)C(=O)N1C)[C@]1(C)O[C@H]1[C@H](C)[C@@H]1C[C@@](O)(CC(=O)O1)[C@H](OC)/C=C/C=C(\C)C2. The Morgan fingerprint density at radius 3 is 2.17 bits per heavy atom. The highest BCUT2D eigenvalue weighted by molar-refractivity contribution is 8.76. The number of phenols is 1. The highest BCUT2D eigenvalue weighted by atomic mass is 35.5. The number of allylic oxidation sites excluding steroid dienone is 3. The lowest BCUT2D eigenvalue weighted by atomic mass is 9.78. The molecule has 11 N–H and O–H groups in total. The van der Waals surface area contributed by atoms with Gasteiger partial charge < -0.3 is 91.0 Å². The number of ether oxygens (including phenoxy) is 5. The molecule has 0 saturated carbocycles. The van der Waals surface area contributed by atoms with E-state index in [-0.39, 0.29) is 99.7 Å². The van der Waals surface area contributed by atoms with Gasteiger partial charge in [0.1, 0.15) is 64.2 Å². The van der Waals surface area contributed by atoms with E-state index < -0.39 is 180 Å². The second-order valence-electron chi connectivity index (χ2n) is 31.7. The zero-order valence-electron chi connectivity index (χ0n) is 69.5. The van der Waals surface area contributed by atoms with Gasteiger partial charge in [-0.15, -0.1) is 0 Å². The molecule has 0 aliphatic carbocycles. The molecule has 30 nitrogen and oxygen atoms in total. The van der Waals surface area contributed by atoms with Crippen molar-refractivity contribution in [1.82, 2.24) is 41.4 Å². The maximum atomic E-state index is 15.3. The van der Waals surface area contributed by atoms with Crippen LogP contribution >= 0.6 is 33.2 Å². The first-order valence-electron chi connectivity index (χ1n) is 40.5. The van der Waals surface area contributed by atoms with Crippen LogP contribution < -0.4 is 42.0 Å². The highest BCUT2D eigenvalue weighted by Gasteiger charge is 2.65. The number of nitrogens with two attached hydrogens (primary N) is 1. The number of phenolic OH excluding ortho intramolecular Hbond substituents is 1. The number of aromatic nitrogens is 1. The van der Waals surface area contributed by atoms with Gasteiger partial charge in [-0.1, -0.05) is 131 Å². The molecule has 0 spiro atoms. The topological polar surface area (TPSA) is 427 Å². The number of rotatable bonds is 28. The number of amides is 8. The summed E-state index contributed by atoms with van der Waals surface area (Å²) < 4.78 is 29.8. The molecule has 5 heterocycles. The minimum absolute atomic E-state index is 0.0249. The van der Waals surface area contributed by atoms with Gasteiger partial charge in [0, 0.05) is 127 Å². The van der Waals surface area contributed by atoms with Gasteiger partial charge in [0.15, 0.2) is 11.6 Å². The van der Waals surface area contributed by atoms with Gasteiger partial charge in [-0.2, -0.15) is 0 Å². The number of carbonyl (C=O) groups excluding carboxylic acids is 12. The monoisotopic (exact) mass is 1720 g/mol. The molecule has 4 aliphatic heterocycles. The Kier molecular flexibility index (Phi) is 34.3. The summed E-state index contributed by atoms with van der Waals surface area (Å²) in [4.78, 5) is 180. The average molecular weight is 1720 g/mol. The van der Waals surface area contributed by atoms with Crippen molar-refractivity contribution in [2.75, 3.05) is 71.4 Å². The van der Waals surface area contributed by atoms with Crippen molar-refractivity contribution >= 4 is 121 Å². The maximum absolute atomic E-state index is 15.3. The maximum Gasteiger partial charge on any atom is 0.328 e. The van der Waals surface area contributed by atoms with E-state index in [1.54, 1.807) is 86.8 Å². The molecular weight excluding hydrogens is 1600 g/mol. The number of methoxy groups -OCH3 is 2. The zero-order valence-corrected chi connectivity index (χ0v) is 71.9. The molecule has 3 saturated heterocycles. The summed E-state index contributed by atoms with van der Waals surface area (Å²) in [6, 6.07) is 18.5. The largest absolute Gasteiger partial charge is 0.508 e. The molecule has 4 bridgehead atoms. The van der Waals surface area contributed by atoms with Crippen LogP contribution in [0, 0.1) is 17.8 Å². The first-order chi connectivity index (χ1) is 57.1. The zero-order chi connectivity index (χ0) is 87.3. The van der Waals surface area contributed by atoms with Crippen LogP contribution in [0.25, 0.3) is 10.9 Å². The van der Waals surface area contributed by atoms with Crippen LogP contribution in [0.3, 0.4) is 0 Å². The number of carbonyl (C=O) groups is 12. The van der Waals surface area contributed by atoms with Crippen LogP contribution in [0.1, 0.15) is 128 Å². The van der Waals surface area contributed by atoms with Gasteiger partial charge in [-0.25, -0.2) is 4.79 Å². The molecular formula is C87H113ClN10O20S2. The van der Waals surface area contributed by atoms with Crippen molar-refractivity contribution < 1.29 is 96.5 Å². The quantitative estimate of drug-likeness (QED) is 0.0112. The molecule has 5 aromatic rings. The summed E-state index contributed by atoms with van der Waals surface area (Å²) in [5, 5.41) is 48.3. The number of aliphatic hydroxyl groups excluding tert-OH is 1. The number of epoxide rings is 1. The molecule has 4 aliphatic rings. The van der Waals surface area contributed by atoms with E-state index >= 15 is 14.4 Å². The molecule has 1 unspecified atom stereocenters. The van der Waals surface area contributed by atoms with Gasteiger partial charge in [0.25, 0.3) is 0 Å². The molecule has 0 radical (unpaired) electrons. The first kappa shape index (κ1) is 94.2. The second kappa shape index (κ2) is 43.7. The number of hydrogen-bond donors (Lipinski definition) is 10. The third kappa shape index (κ3) is 25.2. The van der Waals surface area contributed by atoms with E-state index in [4.69, 9.17) is 41.0 Å². The molecule has 9 rings (SSSR count). The van der Waals surface area contributed by atoms with Crippen LogP contribution in [-0.4, -0.2) is 239 Å². The van der Waals surface area contributed by atoms with Crippen LogP contribution in [0.15, 0.2) is 121 Å². The van der Waals surface area contributed by atoms with E-state index in [1.165, 1.54) is 81.9 Å². The number of esters is 2. The summed E-state index contributed by atoms with van der Waals surface area (Å²) in [5.41, 5.74) is 7.36. The van der Waals surface area contributed by atoms with Crippen molar-refractivity contribution in [2.24, 2.45) is 23.5 Å². The van der Waals surface area contributed by atoms with Crippen molar-refractivity contribution in [3.05, 3.63) is 148 Å². The van der Waals surface area contributed by atoms with Gasteiger partial charge in [-0.05, 0) is 119 Å². The fourth-order valence-corrected chi connectivity index (χ4v) is 17.7. The Hall–Kier alpha value is -9.67. The number of hydrogen-bond acceptors (Lipinski definition) is 23. The lowest BCUT2D eigenvalue weighted by molar-refractivity contribution is -0.187. The standard InChI is InChI=1S/C87H113ClN10O20S2/c1-50-19-18-25-71(115-10)87(113)46-70(116-77(107)47-87)51(2)80-86(5,118-80)72(45-76(106)97(7)66-40-56(37-50)41-69(114-9)78(66)88)117-85(112)52(3)96(6)75(105)32-36-119-120-49-74(104)91-35-34-90-73(103)31-30-65-68(102)44-58(38-55-26-28-60(100)29-27-55)82(109)93-63(42-59-48-92-62-24-15-14-23-61(59)62)67(101)43-57(22-16-17-33-89)81(108)95-79(53(4)99)83(110)94-64(84(111)98(65)8)39-54-20-12-11-13-21-54/h11-15,18-21,23-29,40-41,48,51-53,57-58,63-65,70-72,79-80,92,99-100,113H,16-17,22,30-39,42-47,49,89H2,1-10H3,(H,90,103)(H,91,104)(H,93,109)(H,94,110)(H,95,108)/b25-18+,50-19+/t51-,52?,53-,57-,58-,63-,64+,65+,70+,71-,72+,79+,80+,86+,87-/m1/s1. The molecule has 33 heteroatoms. The Morgan fingerprint density at radius 2 is 1.48 bits per heavy atom. The van der Waals surface area contributed by atoms with Crippen molar-refractivity contribution in [3.8, 4) is 11.5 Å². The van der Waals surface area contributed by atoms with Crippen molar-refractivity contribution in [1.29, 1.82) is 0 Å². The number of halogens is 1. The fraction of sp³-hybridized carbons (Fsp3) is 0.517.